The molecule has 1 heterocycles. The first-order valence-corrected chi connectivity index (χ1v) is 5.38. The standard InChI is InChI=1S/C11H13ClN2O2/c1-6-3-7(12)4-8(10(6)16-2)9-5-13-11(15)14-9/h3-4,9H,5H2,1-2H3,(H2,13,14,15). The first-order valence-electron chi connectivity index (χ1n) is 5.00. The van der Waals surface area contributed by atoms with Crippen LogP contribution in [0.5, 0.6) is 5.75 Å². The number of aryl methyl sites for hydroxylation is 1. The van der Waals surface area contributed by atoms with Gasteiger partial charge in [0, 0.05) is 17.1 Å². The highest BCUT2D eigenvalue weighted by Gasteiger charge is 2.25. The zero-order valence-corrected chi connectivity index (χ0v) is 9.89. The zero-order chi connectivity index (χ0) is 11.7. The molecule has 86 valence electrons. The molecule has 0 aromatic heterocycles. The van der Waals surface area contributed by atoms with Crippen LogP contribution in [0.15, 0.2) is 12.1 Å². The number of benzene rings is 1. The van der Waals surface area contributed by atoms with Gasteiger partial charge in [0.05, 0.1) is 13.2 Å². The van der Waals surface area contributed by atoms with Crippen molar-refractivity contribution in [1.82, 2.24) is 10.6 Å². The Kier molecular flexibility index (Phi) is 2.92. The minimum Gasteiger partial charge on any atom is -0.496 e. The molecule has 1 aliphatic rings. The Bertz CT molecular complexity index is 434. The Morgan fingerprint density at radius 1 is 1.50 bits per heavy atom. The second-order valence-corrected chi connectivity index (χ2v) is 4.19. The molecule has 0 bridgehead atoms. The molecule has 1 fully saturated rings. The van der Waals surface area contributed by atoms with Gasteiger partial charge in [0.2, 0.25) is 0 Å². The van der Waals surface area contributed by atoms with Gasteiger partial charge in [0.25, 0.3) is 0 Å². The van der Waals surface area contributed by atoms with E-state index in [0.717, 1.165) is 16.9 Å². The number of ether oxygens (including phenoxy) is 1. The van der Waals surface area contributed by atoms with Crippen LogP contribution in [0.3, 0.4) is 0 Å². The summed E-state index contributed by atoms with van der Waals surface area (Å²) in [6, 6.07) is 3.42. The molecule has 1 atom stereocenters. The molecule has 1 aromatic carbocycles. The minimum atomic E-state index is -0.162. The molecule has 4 nitrogen and oxygen atoms in total. The quantitative estimate of drug-likeness (QED) is 0.831. The summed E-state index contributed by atoms with van der Waals surface area (Å²) in [5.74, 6) is 0.776. The van der Waals surface area contributed by atoms with Crippen molar-refractivity contribution in [2.75, 3.05) is 13.7 Å². The highest BCUT2D eigenvalue weighted by Crippen LogP contribution is 2.32. The largest absolute Gasteiger partial charge is 0.496 e. The fraction of sp³-hybridized carbons (Fsp3) is 0.364. The van der Waals surface area contributed by atoms with Gasteiger partial charge >= 0.3 is 6.03 Å². The van der Waals surface area contributed by atoms with E-state index in [1.54, 1.807) is 7.11 Å². The van der Waals surface area contributed by atoms with Crippen molar-refractivity contribution < 1.29 is 9.53 Å². The summed E-state index contributed by atoms with van der Waals surface area (Å²) in [7, 11) is 1.62. The summed E-state index contributed by atoms with van der Waals surface area (Å²) in [5.41, 5.74) is 1.87. The van der Waals surface area contributed by atoms with E-state index in [1.807, 2.05) is 19.1 Å². The fourth-order valence-corrected chi connectivity index (χ4v) is 2.22. The highest BCUT2D eigenvalue weighted by molar-refractivity contribution is 6.30. The number of urea groups is 1. The van der Waals surface area contributed by atoms with Crippen molar-refractivity contribution in [3.63, 3.8) is 0 Å². The molecular weight excluding hydrogens is 228 g/mol. The van der Waals surface area contributed by atoms with Gasteiger partial charge in [-0.2, -0.15) is 0 Å². The summed E-state index contributed by atoms with van der Waals surface area (Å²) >= 11 is 6.01. The van der Waals surface area contributed by atoms with E-state index >= 15 is 0 Å². The van der Waals surface area contributed by atoms with E-state index in [2.05, 4.69) is 10.6 Å². The van der Waals surface area contributed by atoms with E-state index in [-0.39, 0.29) is 12.1 Å². The third kappa shape index (κ3) is 1.93. The summed E-state index contributed by atoms with van der Waals surface area (Å²) in [5, 5.41) is 6.17. The number of carbonyl (C=O) groups is 1. The zero-order valence-electron chi connectivity index (χ0n) is 9.13. The monoisotopic (exact) mass is 240 g/mol. The smallest absolute Gasteiger partial charge is 0.315 e. The predicted molar refractivity (Wildman–Crippen MR) is 62.0 cm³/mol. The number of carbonyl (C=O) groups excluding carboxylic acids is 1. The van der Waals surface area contributed by atoms with Gasteiger partial charge < -0.3 is 15.4 Å². The van der Waals surface area contributed by atoms with Crippen molar-refractivity contribution in [2.24, 2.45) is 0 Å². The molecule has 0 aliphatic carbocycles. The van der Waals surface area contributed by atoms with Gasteiger partial charge in [-0.1, -0.05) is 11.6 Å². The molecule has 16 heavy (non-hydrogen) atoms. The fourth-order valence-electron chi connectivity index (χ4n) is 1.94. The van der Waals surface area contributed by atoms with Crippen LogP contribution in [0.1, 0.15) is 17.2 Å². The Morgan fingerprint density at radius 3 is 2.81 bits per heavy atom. The van der Waals surface area contributed by atoms with Gasteiger partial charge in [-0.05, 0) is 24.6 Å². The maximum atomic E-state index is 11.1. The van der Waals surface area contributed by atoms with Gasteiger partial charge in [-0.25, -0.2) is 4.79 Å². The van der Waals surface area contributed by atoms with Crippen LogP contribution in [-0.2, 0) is 0 Å². The lowest BCUT2D eigenvalue weighted by molar-refractivity contribution is 0.247. The van der Waals surface area contributed by atoms with E-state index in [1.165, 1.54) is 0 Å². The number of methoxy groups -OCH3 is 1. The van der Waals surface area contributed by atoms with E-state index in [4.69, 9.17) is 16.3 Å². The summed E-state index contributed by atoms with van der Waals surface area (Å²) in [4.78, 5) is 11.1. The molecule has 1 aliphatic heterocycles. The Labute approximate surface area is 98.9 Å². The molecular formula is C11H13ClN2O2. The van der Waals surface area contributed by atoms with Crippen molar-refractivity contribution in [3.8, 4) is 5.75 Å². The van der Waals surface area contributed by atoms with E-state index in [0.29, 0.717) is 11.6 Å². The molecule has 2 rings (SSSR count). The summed E-state index contributed by atoms with van der Waals surface area (Å²) in [6.07, 6.45) is 0. The van der Waals surface area contributed by atoms with E-state index < -0.39 is 0 Å². The lowest BCUT2D eigenvalue weighted by Gasteiger charge is -2.16. The van der Waals surface area contributed by atoms with Crippen LogP contribution in [0.4, 0.5) is 4.79 Å². The third-order valence-corrected chi connectivity index (χ3v) is 2.84. The third-order valence-electron chi connectivity index (χ3n) is 2.62. The molecule has 0 spiro atoms. The molecule has 5 heteroatoms. The SMILES string of the molecule is COc1c(C)cc(Cl)cc1C1CNC(=O)N1. The van der Waals surface area contributed by atoms with Crippen molar-refractivity contribution in [1.29, 1.82) is 0 Å². The number of hydrogen-bond acceptors (Lipinski definition) is 2. The van der Waals surface area contributed by atoms with Crippen LogP contribution < -0.4 is 15.4 Å². The maximum Gasteiger partial charge on any atom is 0.315 e. The van der Waals surface area contributed by atoms with Crippen LogP contribution in [0, 0.1) is 6.92 Å². The lowest BCUT2D eigenvalue weighted by Crippen LogP contribution is -2.22. The normalized spacial score (nSPS) is 19.2. The van der Waals surface area contributed by atoms with Gasteiger partial charge in [0.1, 0.15) is 5.75 Å². The predicted octanol–water partition coefficient (Wildman–Crippen LogP) is 2.01. The van der Waals surface area contributed by atoms with Gasteiger partial charge in [-0.15, -0.1) is 0 Å². The van der Waals surface area contributed by atoms with Crippen LogP contribution in [0.25, 0.3) is 0 Å². The number of rotatable bonds is 2. The van der Waals surface area contributed by atoms with Crippen LogP contribution in [-0.4, -0.2) is 19.7 Å². The number of nitrogens with one attached hydrogen (secondary N) is 2. The van der Waals surface area contributed by atoms with Crippen molar-refractivity contribution in [3.05, 3.63) is 28.3 Å². The average molecular weight is 241 g/mol. The first kappa shape index (κ1) is 11.1. The van der Waals surface area contributed by atoms with Crippen LogP contribution in [0.2, 0.25) is 5.02 Å². The van der Waals surface area contributed by atoms with Gasteiger partial charge in [0.15, 0.2) is 0 Å². The van der Waals surface area contributed by atoms with E-state index in [9.17, 15) is 4.79 Å². The van der Waals surface area contributed by atoms with Crippen molar-refractivity contribution in [2.45, 2.75) is 13.0 Å². The first-order chi connectivity index (χ1) is 7.61. The topological polar surface area (TPSA) is 50.4 Å². The molecule has 0 saturated carbocycles. The molecule has 1 saturated heterocycles. The Hall–Kier alpha value is -1.42. The highest BCUT2D eigenvalue weighted by atomic mass is 35.5. The second-order valence-electron chi connectivity index (χ2n) is 3.75. The lowest BCUT2D eigenvalue weighted by atomic mass is 10.0. The van der Waals surface area contributed by atoms with Crippen molar-refractivity contribution >= 4 is 17.6 Å². The summed E-state index contributed by atoms with van der Waals surface area (Å²) in [6.45, 7) is 2.48. The average Bonchev–Trinajstić information content (AvgIpc) is 2.63. The van der Waals surface area contributed by atoms with Crippen LogP contribution >= 0.6 is 11.6 Å². The maximum absolute atomic E-state index is 11.1. The minimum absolute atomic E-state index is 0.0835. The second kappa shape index (κ2) is 4.22. The number of amides is 2. The summed E-state index contributed by atoms with van der Waals surface area (Å²) < 4.78 is 5.34. The Balaban J connectivity index is 2.42. The number of hydrogen-bond donors (Lipinski definition) is 2. The molecule has 1 aromatic rings. The number of halogens is 1. The molecule has 2 amide bonds. The van der Waals surface area contributed by atoms with Gasteiger partial charge in [-0.3, -0.25) is 0 Å². The molecule has 0 radical (unpaired) electrons. The molecule has 2 N–H and O–H groups in total. The molecule has 1 unspecified atom stereocenters. The Morgan fingerprint density at radius 2 is 2.25 bits per heavy atom.